The number of morpholine rings is 1. The zero-order chi connectivity index (χ0) is 15.5. The van der Waals surface area contributed by atoms with E-state index in [1.54, 1.807) is 12.4 Å². The van der Waals surface area contributed by atoms with Gasteiger partial charge in [0, 0.05) is 31.7 Å². The molecule has 0 N–H and O–H groups in total. The fraction of sp³-hybridized carbons (Fsp3) is 0.471. The molecule has 0 amide bonds. The van der Waals surface area contributed by atoms with Crippen molar-refractivity contribution in [2.75, 3.05) is 42.6 Å². The molecule has 4 heterocycles. The molecule has 0 aliphatic carbocycles. The maximum absolute atomic E-state index is 6.24. The summed E-state index contributed by atoms with van der Waals surface area (Å²) >= 11 is 0. The molecule has 0 radical (unpaired) electrons. The Bertz CT molecular complexity index is 578. The van der Waals surface area contributed by atoms with Gasteiger partial charge in [0.05, 0.1) is 19.7 Å². The van der Waals surface area contributed by atoms with Gasteiger partial charge >= 0.3 is 0 Å². The summed E-state index contributed by atoms with van der Waals surface area (Å²) in [5.74, 6) is 1.83. The maximum Gasteiger partial charge on any atom is 0.225 e. The van der Waals surface area contributed by atoms with Gasteiger partial charge in [0.15, 0.2) is 0 Å². The van der Waals surface area contributed by atoms with Gasteiger partial charge in [-0.25, -0.2) is 15.0 Å². The van der Waals surface area contributed by atoms with E-state index in [4.69, 9.17) is 4.74 Å². The van der Waals surface area contributed by atoms with Crippen molar-refractivity contribution in [2.45, 2.75) is 18.4 Å². The Morgan fingerprint density at radius 1 is 0.913 bits per heavy atom. The average molecular weight is 311 g/mol. The quantitative estimate of drug-likeness (QED) is 0.842. The van der Waals surface area contributed by atoms with E-state index in [1.807, 2.05) is 24.4 Å². The summed E-state index contributed by atoms with van der Waals surface area (Å²) in [7, 11) is 0. The highest BCUT2D eigenvalue weighted by atomic mass is 16.5. The van der Waals surface area contributed by atoms with Crippen LogP contribution in [0.1, 0.15) is 12.8 Å². The Balaban J connectivity index is 1.53. The first-order valence-electron chi connectivity index (χ1n) is 8.17. The third kappa shape index (κ3) is 2.99. The van der Waals surface area contributed by atoms with Crippen LogP contribution in [0.15, 0.2) is 42.9 Å². The highest BCUT2D eigenvalue weighted by Gasteiger charge is 2.41. The first kappa shape index (κ1) is 14.4. The fourth-order valence-corrected chi connectivity index (χ4v) is 3.55. The van der Waals surface area contributed by atoms with Crippen molar-refractivity contribution >= 4 is 11.8 Å². The number of piperidine rings is 1. The minimum Gasteiger partial charge on any atom is -0.369 e. The maximum atomic E-state index is 6.24. The Kier molecular flexibility index (Phi) is 3.83. The molecule has 2 aliphatic rings. The Labute approximate surface area is 136 Å². The van der Waals surface area contributed by atoms with Crippen molar-refractivity contribution in [1.29, 1.82) is 0 Å². The second kappa shape index (κ2) is 6.12. The Morgan fingerprint density at radius 3 is 2.57 bits per heavy atom. The van der Waals surface area contributed by atoms with Crippen LogP contribution in [0.5, 0.6) is 0 Å². The number of nitrogens with zero attached hydrogens (tertiary/aromatic N) is 5. The van der Waals surface area contributed by atoms with Crippen LogP contribution in [0, 0.1) is 0 Å². The molecule has 0 aromatic carbocycles. The molecule has 2 fully saturated rings. The molecule has 6 heteroatoms. The fourth-order valence-electron chi connectivity index (χ4n) is 3.55. The van der Waals surface area contributed by atoms with Crippen molar-refractivity contribution < 1.29 is 4.74 Å². The lowest BCUT2D eigenvalue weighted by atomic mass is 9.91. The first-order valence-corrected chi connectivity index (χ1v) is 8.17. The molecule has 120 valence electrons. The summed E-state index contributed by atoms with van der Waals surface area (Å²) in [5.41, 5.74) is -0.160. The third-order valence-electron chi connectivity index (χ3n) is 4.60. The number of hydrogen-bond donors (Lipinski definition) is 0. The molecule has 0 saturated carbocycles. The van der Waals surface area contributed by atoms with Crippen LogP contribution in [0.25, 0.3) is 0 Å². The summed E-state index contributed by atoms with van der Waals surface area (Å²) in [4.78, 5) is 17.8. The van der Waals surface area contributed by atoms with Crippen molar-refractivity contribution in [2.24, 2.45) is 0 Å². The standard InChI is InChI=1S/C17H21N5O/c1-2-7-18-15(5-1)21-11-12-23-17(13-21)6-3-10-22(14-17)16-19-8-4-9-20-16/h1-2,4-5,7-9H,3,6,10-14H2/t17-/m1/s1. The van der Waals surface area contributed by atoms with Gasteiger partial charge in [0.1, 0.15) is 11.4 Å². The number of pyridine rings is 1. The lowest BCUT2D eigenvalue weighted by Gasteiger charge is -2.48. The number of hydrogen-bond acceptors (Lipinski definition) is 6. The van der Waals surface area contributed by atoms with Gasteiger partial charge in [-0.15, -0.1) is 0 Å². The monoisotopic (exact) mass is 311 g/mol. The molecule has 2 aromatic heterocycles. The van der Waals surface area contributed by atoms with Crippen molar-refractivity contribution in [1.82, 2.24) is 15.0 Å². The number of aromatic nitrogens is 3. The van der Waals surface area contributed by atoms with Crippen LogP contribution in [0.3, 0.4) is 0 Å². The van der Waals surface area contributed by atoms with Crippen LogP contribution in [-0.2, 0) is 4.74 Å². The number of ether oxygens (including phenoxy) is 1. The molecule has 2 aromatic rings. The van der Waals surface area contributed by atoms with Gasteiger partial charge in [-0.1, -0.05) is 6.07 Å². The van der Waals surface area contributed by atoms with Crippen LogP contribution in [0.2, 0.25) is 0 Å². The predicted octanol–water partition coefficient (Wildman–Crippen LogP) is 1.75. The zero-order valence-corrected chi connectivity index (χ0v) is 13.1. The van der Waals surface area contributed by atoms with Crippen LogP contribution >= 0.6 is 0 Å². The third-order valence-corrected chi connectivity index (χ3v) is 4.60. The highest BCUT2D eigenvalue weighted by Crippen LogP contribution is 2.31. The SMILES string of the molecule is c1ccc(N2CCO[C@]3(CCCN(c4ncccn4)C3)C2)nc1. The largest absolute Gasteiger partial charge is 0.369 e. The van der Waals surface area contributed by atoms with E-state index in [1.165, 1.54) is 0 Å². The molecule has 2 saturated heterocycles. The zero-order valence-electron chi connectivity index (χ0n) is 13.1. The van der Waals surface area contributed by atoms with Gasteiger partial charge in [-0.2, -0.15) is 0 Å². The van der Waals surface area contributed by atoms with Crippen LogP contribution < -0.4 is 9.80 Å². The lowest BCUT2D eigenvalue weighted by Crippen LogP contribution is -2.60. The van der Waals surface area contributed by atoms with Gasteiger partial charge in [0.25, 0.3) is 0 Å². The van der Waals surface area contributed by atoms with Gasteiger partial charge in [0.2, 0.25) is 5.95 Å². The Morgan fingerprint density at radius 2 is 1.74 bits per heavy atom. The summed E-state index contributed by atoms with van der Waals surface area (Å²) < 4.78 is 6.24. The van der Waals surface area contributed by atoms with Crippen LogP contribution in [-0.4, -0.2) is 53.3 Å². The summed E-state index contributed by atoms with van der Waals surface area (Å²) in [6, 6.07) is 7.91. The van der Waals surface area contributed by atoms with E-state index < -0.39 is 0 Å². The van der Waals surface area contributed by atoms with E-state index in [0.717, 1.165) is 57.4 Å². The molecule has 0 unspecified atom stereocenters. The summed E-state index contributed by atoms with van der Waals surface area (Å²) in [5, 5.41) is 0. The Hall–Kier alpha value is -2.21. The van der Waals surface area contributed by atoms with E-state index in [2.05, 4.69) is 30.8 Å². The average Bonchev–Trinajstić information content (AvgIpc) is 2.63. The van der Waals surface area contributed by atoms with E-state index in [9.17, 15) is 0 Å². The molecular weight excluding hydrogens is 290 g/mol. The lowest BCUT2D eigenvalue weighted by molar-refractivity contribution is -0.0633. The molecule has 2 aliphatic heterocycles. The first-order chi connectivity index (χ1) is 11.3. The van der Waals surface area contributed by atoms with E-state index in [0.29, 0.717) is 0 Å². The molecule has 0 bridgehead atoms. The second-order valence-corrected chi connectivity index (χ2v) is 6.21. The van der Waals surface area contributed by atoms with Gasteiger partial charge in [-0.05, 0) is 31.0 Å². The molecule has 1 spiro atoms. The second-order valence-electron chi connectivity index (χ2n) is 6.21. The van der Waals surface area contributed by atoms with E-state index >= 15 is 0 Å². The molecule has 23 heavy (non-hydrogen) atoms. The smallest absolute Gasteiger partial charge is 0.225 e. The predicted molar refractivity (Wildman–Crippen MR) is 88.6 cm³/mol. The molecule has 4 rings (SSSR count). The minimum absolute atomic E-state index is 0.160. The minimum atomic E-state index is -0.160. The van der Waals surface area contributed by atoms with Gasteiger partial charge in [-0.3, -0.25) is 0 Å². The summed E-state index contributed by atoms with van der Waals surface area (Å²) in [6.45, 7) is 4.31. The van der Waals surface area contributed by atoms with Crippen LogP contribution in [0.4, 0.5) is 11.8 Å². The van der Waals surface area contributed by atoms with Crippen molar-refractivity contribution in [3.05, 3.63) is 42.9 Å². The van der Waals surface area contributed by atoms with E-state index in [-0.39, 0.29) is 5.60 Å². The van der Waals surface area contributed by atoms with Gasteiger partial charge < -0.3 is 14.5 Å². The van der Waals surface area contributed by atoms with Crippen molar-refractivity contribution in [3.8, 4) is 0 Å². The number of anilines is 2. The number of rotatable bonds is 2. The summed E-state index contributed by atoms with van der Waals surface area (Å²) in [6.07, 6.45) is 7.60. The normalized spacial score (nSPS) is 24.9. The topological polar surface area (TPSA) is 54.4 Å². The molecular formula is C17H21N5O. The highest BCUT2D eigenvalue weighted by molar-refractivity contribution is 5.40. The molecule has 6 nitrogen and oxygen atoms in total. The molecule has 1 atom stereocenters. The van der Waals surface area contributed by atoms with Crippen molar-refractivity contribution in [3.63, 3.8) is 0 Å².